The summed E-state index contributed by atoms with van der Waals surface area (Å²) >= 11 is 9.25. The molecule has 1 rings (SSSR count). The van der Waals surface area contributed by atoms with Gasteiger partial charge < -0.3 is 11.1 Å². The standard InChI is InChI=1S/C11H14BrClN2O/c1-2-8(6-14)15-11(16)9-5-7(12)3-4-10(9)13/h3-5,8H,2,6,14H2,1H3,(H,15,16). The predicted octanol–water partition coefficient (Wildman–Crippen LogP) is 2.57. The summed E-state index contributed by atoms with van der Waals surface area (Å²) in [6, 6.07) is 5.16. The maximum atomic E-state index is 11.9. The Bertz CT molecular complexity index is 380. The van der Waals surface area contributed by atoms with Crippen LogP contribution in [-0.2, 0) is 0 Å². The first kappa shape index (κ1) is 13.5. The lowest BCUT2D eigenvalue weighted by Crippen LogP contribution is -2.39. The number of carbonyl (C=O) groups is 1. The van der Waals surface area contributed by atoms with Crippen molar-refractivity contribution in [3.63, 3.8) is 0 Å². The molecule has 0 aliphatic carbocycles. The van der Waals surface area contributed by atoms with Crippen LogP contribution < -0.4 is 11.1 Å². The van der Waals surface area contributed by atoms with Crippen molar-refractivity contribution in [2.75, 3.05) is 6.54 Å². The number of benzene rings is 1. The summed E-state index contributed by atoms with van der Waals surface area (Å²) in [7, 11) is 0. The largest absolute Gasteiger partial charge is 0.348 e. The van der Waals surface area contributed by atoms with Crippen LogP contribution in [-0.4, -0.2) is 18.5 Å². The Balaban J connectivity index is 2.83. The molecule has 0 saturated carbocycles. The Hall–Kier alpha value is -0.580. The SMILES string of the molecule is CCC(CN)NC(=O)c1cc(Br)ccc1Cl. The van der Waals surface area contributed by atoms with Crippen molar-refractivity contribution in [3.8, 4) is 0 Å². The molecule has 1 aromatic rings. The molecule has 0 fully saturated rings. The summed E-state index contributed by atoms with van der Waals surface area (Å²) in [5, 5.41) is 3.27. The van der Waals surface area contributed by atoms with E-state index in [1.54, 1.807) is 18.2 Å². The maximum absolute atomic E-state index is 11.9. The zero-order valence-electron chi connectivity index (χ0n) is 8.97. The molecular formula is C11H14BrClN2O. The maximum Gasteiger partial charge on any atom is 0.253 e. The third kappa shape index (κ3) is 3.47. The molecule has 5 heteroatoms. The number of hydrogen-bond acceptors (Lipinski definition) is 2. The highest BCUT2D eigenvalue weighted by Crippen LogP contribution is 2.20. The molecule has 0 saturated heterocycles. The predicted molar refractivity (Wildman–Crippen MR) is 69.8 cm³/mol. The van der Waals surface area contributed by atoms with E-state index in [2.05, 4.69) is 21.2 Å². The molecule has 3 nitrogen and oxygen atoms in total. The average Bonchev–Trinajstić information content (AvgIpc) is 2.28. The molecule has 0 radical (unpaired) electrons. The topological polar surface area (TPSA) is 55.1 Å². The van der Waals surface area contributed by atoms with Crippen LogP contribution in [0.4, 0.5) is 0 Å². The molecule has 0 aromatic heterocycles. The summed E-state index contributed by atoms with van der Waals surface area (Å²) in [6.07, 6.45) is 0.799. The van der Waals surface area contributed by atoms with E-state index < -0.39 is 0 Å². The first-order chi connectivity index (χ1) is 7.58. The Morgan fingerprint density at radius 3 is 2.88 bits per heavy atom. The fourth-order valence-corrected chi connectivity index (χ4v) is 1.83. The number of hydrogen-bond donors (Lipinski definition) is 2. The number of halogens is 2. The summed E-state index contributed by atoms with van der Waals surface area (Å²) in [6.45, 7) is 2.40. The molecule has 1 amide bonds. The van der Waals surface area contributed by atoms with E-state index in [1.807, 2.05) is 6.92 Å². The van der Waals surface area contributed by atoms with Gasteiger partial charge in [-0.2, -0.15) is 0 Å². The van der Waals surface area contributed by atoms with Crippen LogP contribution in [0, 0.1) is 0 Å². The lowest BCUT2D eigenvalue weighted by molar-refractivity contribution is 0.0937. The second kappa shape index (κ2) is 6.23. The molecule has 1 unspecified atom stereocenters. The van der Waals surface area contributed by atoms with E-state index in [9.17, 15) is 4.79 Å². The summed E-state index contributed by atoms with van der Waals surface area (Å²) in [4.78, 5) is 11.9. The van der Waals surface area contributed by atoms with Crippen LogP contribution in [0.2, 0.25) is 5.02 Å². The molecule has 1 atom stereocenters. The van der Waals surface area contributed by atoms with Gasteiger partial charge in [0.1, 0.15) is 0 Å². The molecular weight excluding hydrogens is 291 g/mol. The molecule has 1 aromatic carbocycles. The van der Waals surface area contributed by atoms with Crippen LogP contribution in [0.15, 0.2) is 22.7 Å². The van der Waals surface area contributed by atoms with Gasteiger partial charge >= 0.3 is 0 Å². The first-order valence-corrected chi connectivity index (χ1v) is 6.21. The van der Waals surface area contributed by atoms with Gasteiger partial charge in [0.2, 0.25) is 0 Å². The van der Waals surface area contributed by atoms with Crippen LogP contribution in [0.3, 0.4) is 0 Å². The van der Waals surface area contributed by atoms with Crippen molar-refractivity contribution in [2.24, 2.45) is 5.73 Å². The fourth-order valence-electron chi connectivity index (χ4n) is 1.26. The van der Waals surface area contributed by atoms with Gasteiger partial charge in [0, 0.05) is 17.1 Å². The van der Waals surface area contributed by atoms with Gasteiger partial charge in [0.25, 0.3) is 5.91 Å². The van der Waals surface area contributed by atoms with Crippen molar-refractivity contribution in [2.45, 2.75) is 19.4 Å². The van der Waals surface area contributed by atoms with Gasteiger partial charge in [-0.1, -0.05) is 34.5 Å². The number of amides is 1. The molecule has 3 N–H and O–H groups in total. The quantitative estimate of drug-likeness (QED) is 0.898. The monoisotopic (exact) mass is 304 g/mol. The molecule has 0 spiro atoms. The lowest BCUT2D eigenvalue weighted by atomic mass is 10.1. The minimum Gasteiger partial charge on any atom is -0.348 e. The summed E-state index contributed by atoms with van der Waals surface area (Å²) < 4.78 is 0.822. The van der Waals surface area contributed by atoms with Gasteiger partial charge in [-0.15, -0.1) is 0 Å². The second-order valence-corrected chi connectivity index (χ2v) is 4.76. The summed E-state index contributed by atoms with van der Waals surface area (Å²) in [5.41, 5.74) is 5.98. The number of carbonyl (C=O) groups excluding carboxylic acids is 1. The van der Waals surface area contributed by atoms with E-state index in [0.717, 1.165) is 10.9 Å². The third-order valence-corrected chi connectivity index (χ3v) is 3.11. The highest BCUT2D eigenvalue weighted by atomic mass is 79.9. The van der Waals surface area contributed by atoms with Crippen molar-refractivity contribution >= 4 is 33.4 Å². The van der Waals surface area contributed by atoms with E-state index in [-0.39, 0.29) is 11.9 Å². The van der Waals surface area contributed by atoms with Crippen LogP contribution >= 0.6 is 27.5 Å². The zero-order valence-corrected chi connectivity index (χ0v) is 11.3. The van der Waals surface area contributed by atoms with Gasteiger partial charge in [-0.05, 0) is 24.6 Å². The highest BCUT2D eigenvalue weighted by Gasteiger charge is 2.13. The van der Waals surface area contributed by atoms with E-state index >= 15 is 0 Å². The van der Waals surface area contributed by atoms with Crippen LogP contribution in [0.25, 0.3) is 0 Å². The van der Waals surface area contributed by atoms with Gasteiger partial charge in [0.05, 0.1) is 10.6 Å². The fraction of sp³-hybridized carbons (Fsp3) is 0.364. The molecule has 0 aliphatic rings. The lowest BCUT2D eigenvalue weighted by Gasteiger charge is -2.15. The third-order valence-electron chi connectivity index (χ3n) is 2.29. The minimum atomic E-state index is -0.191. The van der Waals surface area contributed by atoms with Crippen LogP contribution in [0.1, 0.15) is 23.7 Å². The average molecular weight is 306 g/mol. The molecule has 88 valence electrons. The smallest absolute Gasteiger partial charge is 0.253 e. The Labute approximate surface area is 108 Å². The molecule has 0 aliphatic heterocycles. The Kier molecular flexibility index (Phi) is 5.25. The highest BCUT2D eigenvalue weighted by molar-refractivity contribution is 9.10. The zero-order chi connectivity index (χ0) is 12.1. The van der Waals surface area contributed by atoms with Crippen LogP contribution in [0.5, 0.6) is 0 Å². The minimum absolute atomic E-state index is 0.0115. The van der Waals surface area contributed by atoms with Gasteiger partial charge in [0.15, 0.2) is 0 Å². The van der Waals surface area contributed by atoms with E-state index in [1.165, 1.54) is 0 Å². The molecule has 0 bridgehead atoms. The van der Waals surface area contributed by atoms with E-state index in [4.69, 9.17) is 17.3 Å². The van der Waals surface area contributed by atoms with Crippen molar-refractivity contribution in [1.29, 1.82) is 0 Å². The van der Waals surface area contributed by atoms with Crippen molar-refractivity contribution in [3.05, 3.63) is 33.3 Å². The summed E-state index contributed by atoms with van der Waals surface area (Å²) in [5.74, 6) is -0.191. The van der Waals surface area contributed by atoms with Crippen molar-refractivity contribution in [1.82, 2.24) is 5.32 Å². The first-order valence-electron chi connectivity index (χ1n) is 5.04. The van der Waals surface area contributed by atoms with E-state index in [0.29, 0.717) is 17.1 Å². The Morgan fingerprint density at radius 1 is 1.62 bits per heavy atom. The van der Waals surface area contributed by atoms with Gasteiger partial charge in [-0.3, -0.25) is 4.79 Å². The van der Waals surface area contributed by atoms with Gasteiger partial charge in [-0.25, -0.2) is 0 Å². The Morgan fingerprint density at radius 2 is 2.31 bits per heavy atom. The molecule has 0 heterocycles. The molecule has 16 heavy (non-hydrogen) atoms. The normalized spacial score (nSPS) is 12.2. The van der Waals surface area contributed by atoms with Crippen molar-refractivity contribution < 1.29 is 4.79 Å². The second-order valence-electron chi connectivity index (χ2n) is 3.44. The number of nitrogens with two attached hydrogens (primary N) is 1. The number of nitrogens with one attached hydrogen (secondary N) is 1. The number of rotatable bonds is 4.